The predicted molar refractivity (Wildman–Crippen MR) is 88.1 cm³/mol. The predicted octanol–water partition coefficient (Wildman–Crippen LogP) is 1.31. The van der Waals surface area contributed by atoms with Gasteiger partial charge in [0.2, 0.25) is 0 Å². The summed E-state index contributed by atoms with van der Waals surface area (Å²) < 4.78 is 97.7. The van der Waals surface area contributed by atoms with Gasteiger partial charge in [-0.15, -0.1) is 0 Å². The van der Waals surface area contributed by atoms with Gasteiger partial charge < -0.3 is 0 Å². The number of rotatable bonds is 4. The Morgan fingerprint density at radius 2 is 1.44 bits per heavy atom. The largest absolute Gasteiger partial charge is 0.297 e. The molecule has 0 amide bonds. The Morgan fingerprint density at radius 3 is 1.88 bits per heavy atom. The molecule has 0 heterocycles. The summed E-state index contributed by atoms with van der Waals surface area (Å²) in [6, 6.07) is 4.24. The lowest BCUT2D eigenvalue weighted by atomic mass is 10.1. The number of aliphatic imine (C=N–C) groups is 1. The van der Waals surface area contributed by atoms with E-state index in [1.54, 1.807) is 0 Å². The number of thiocarbonyl (C=S) groups is 1. The summed E-state index contributed by atoms with van der Waals surface area (Å²) in [5, 5.41) is 1.15. The van der Waals surface area contributed by atoms with Crippen LogP contribution in [-0.2, 0) is 30.4 Å². The third kappa shape index (κ3) is 3.75. The van der Waals surface area contributed by atoms with Gasteiger partial charge in [-0.3, -0.25) is 13.7 Å². The Morgan fingerprint density at radius 1 is 0.880 bits per heavy atom. The van der Waals surface area contributed by atoms with Gasteiger partial charge in [-0.1, -0.05) is 12.1 Å². The van der Waals surface area contributed by atoms with Crippen molar-refractivity contribution in [2.45, 2.75) is 14.7 Å². The molecule has 0 bridgehead atoms. The lowest BCUT2D eigenvalue weighted by molar-refractivity contribution is 0.457. The fraction of sp³-hybridized carbons (Fsp3) is 0. The Hall–Kier alpha value is -1.77. The molecule has 134 valence electrons. The van der Waals surface area contributed by atoms with Gasteiger partial charge in [0.05, 0.1) is 10.8 Å². The van der Waals surface area contributed by atoms with E-state index in [2.05, 4.69) is 17.2 Å². The van der Waals surface area contributed by atoms with Gasteiger partial charge in [-0.2, -0.15) is 30.2 Å². The van der Waals surface area contributed by atoms with Gasteiger partial charge in [-0.25, -0.2) is 0 Å². The summed E-state index contributed by atoms with van der Waals surface area (Å²) in [4.78, 5) is -1.09. The highest BCUT2D eigenvalue weighted by atomic mass is 32.2. The van der Waals surface area contributed by atoms with E-state index in [9.17, 15) is 38.9 Å². The highest BCUT2D eigenvalue weighted by molar-refractivity contribution is 7.90. The minimum Gasteiger partial charge on any atom is -0.282 e. The molecule has 2 rings (SSSR count). The molecule has 0 atom stereocenters. The van der Waals surface area contributed by atoms with Gasteiger partial charge in [0.1, 0.15) is 14.7 Å². The molecule has 0 spiro atoms. The number of benzene rings is 2. The van der Waals surface area contributed by atoms with Crippen LogP contribution in [-0.4, -0.2) is 44.1 Å². The average molecular weight is 425 g/mol. The van der Waals surface area contributed by atoms with Crippen molar-refractivity contribution in [2.75, 3.05) is 0 Å². The van der Waals surface area contributed by atoms with E-state index in [0.29, 0.717) is 6.07 Å². The molecule has 0 aliphatic rings. The summed E-state index contributed by atoms with van der Waals surface area (Å²) in [7, 11) is -16.2. The average Bonchev–Trinajstić information content (AvgIpc) is 2.42. The molecule has 25 heavy (non-hydrogen) atoms. The third-order valence-electron chi connectivity index (χ3n) is 2.98. The van der Waals surface area contributed by atoms with E-state index in [-0.39, 0.29) is 11.1 Å². The van der Waals surface area contributed by atoms with Crippen LogP contribution in [0.3, 0.4) is 0 Å². The second-order valence-corrected chi connectivity index (χ2v) is 8.83. The van der Waals surface area contributed by atoms with Crippen molar-refractivity contribution in [3.63, 3.8) is 0 Å². The minimum atomic E-state index is -5.52. The van der Waals surface area contributed by atoms with Crippen molar-refractivity contribution < 1.29 is 38.9 Å². The van der Waals surface area contributed by atoms with Crippen molar-refractivity contribution in [3.05, 3.63) is 24.3 Å². The van der Waals surface area contributed by atoms with Crippen molar-refractivity contribution >= 4 is 64.2 Å². The maximum absolute atomic E-state index is 11.8. The van der Waals surface area contributed by atoms with Crippen LogP contribution in [0.25, 0.3) is 10.8 Å². The molecule has 3 N–H and O–H groups in total. The maximum Gasteiger partial charge on any atom is 0.297 e. The van der Waals surface area contributed by atoms with E-state index >= 15 is 0 Å². The third-order valence-corrected chi connectivity index (χ3v) is 6.07. The highest BCUT2D eigenvalue weighted by Gasteiger charge is 2.35. The molecule has 0 fully saturated rings. The van der Waals surface area contributed by atoms with Crippen molar-refractivity contribution in [1.82, 2.24) is 0 Å². The first kappa shape index (κ1) is 19.6. The number of isothiocyanates is 1. The van der Waals surface area contributed by atoms with Gasteiger partial charge in [0.25, 0.3) is 30.4 Å². The second-order valence-electron chi connectivity index (χ2n) is 4.54. The molecule has 10 nitrogen and oxygen atoms in total. The van der Waals surface area contributed by atoms with Crippen LogP contribution in [0.2, 0.25) is 0 Å². The zero-order chi connectivity index (χ0) is 19.2. The van der Waals surface area contributed by atoms with Gasteiger partial charge in [-0.05, 0) is 29.7 Å². The Balaban J connectivity index is 3.42. The summed E-state index contributed by atoms with van der Waals surface area (Å²) in [6.07, 6.45) is 0. The first-order valence-corrected chi connectivity index (χ1v) is 10.6. The van der Waals surface area contributed by atoms with E-state index in [1.165, 1.54) is 12.1 Å². The minimum absolute atomic E-state index is 0.223. The Labute approximate surface area is 147 Å². The Bertz CT molecular complexity index is 1250. The molecule has 2 aromatic carbocycles. The lowest BCUT2D eigenvalue weighted by Crippen LogP contribution is -2.15. The topological polar surface area (TPSA) is 175 Å². The molecule has 0 aliphatic carbocycles. The number of fused-ring (bicyclic) bond motifs is 1. The van der Waals surface area contributed by atoms with E-state index in [1.807, 2.05) is 5.16 Å². The molecule has 14 heteroatoms. The maximum atomic E-state index is 11.8. The van der Waals surface area contributed by atoms with Gasteiger partial charge in [0.15, 0.2) is 0 Å². The molecule has 0 aromatic heterocycles. The summed E-state index contributed by atoms with van der Waals surface area (Å²) in [6.45, 7) is 0. The van der Waals surface area contributed by atoms with E-state index < -0.39 is 50.4 Å². The number of hydrogen-bond donors (Lipinski definition) is 3. The first-order valence-electron chi connectivity index (χ1n) is 5.88. The number of hydrogen-bond acceptors (Lipinski definition) is 8. The molecule has 0 unspecified atom stereocenters. The molecular formula is C11H7NO9S4. The normalized spacial score (nSPS) is 12.8. The fourth-order valence-electron chi connectivity index (χ4n) is 2.18. The SMILES string of the molecule is O=S(=O)(O)c1cc2cccc(N=C=S)c2c(S(=O)(=O)O)c1S(=O)(=O)O. The van der Waals surface area contributed by atoms with E-state index in [0.717, 1.165) is 6.07 Å². The van der Waals surface area contributed by atoms with Crippen LogP contribution in [0.5, 0.6) is 0 Å². The van der Waals surface area contributed by atoms with Crippen LogP contribution in [0.15, 0.2) is 43.9 Å². The lowest BCUT2D eigenvalue weighted by Gasteiger charge is -2.13. The standard InChI is InChI=1S/C11H7NO9S4/c13-23(14,15)8-4-6-2-1-3-7(12-5-22)9(6)11(25(19,20)21)10(8)24(16,17)18/h1-4H,(H,13,14,15)(H,16,17,18)(H,19,20,21). The van der Waals surface area contributed by atoms with E-state index in [4.69, 9.17) is 0 Å². The summed E-state index contributed by atoms with van der Waals surface area (Å²) >= 11 is 4.39. The Kier molecular flexibility index (Phi) is 4.84. The van der Waals surface area contributed by atoms with Gasteiger partial charge in [0, 0.05) is 5.39 Å². The van der Waals surface area contributed by atoms with Crippen molar-refractivity contribution in [3.8, 4) is 0 Å². The first-order chi connectivity index (χ1) is 11.3. The molecule has 0 aliphatic heterocycles. The second kappa shape index (κ2) is 6.19. The number of nitrogens with zero attached hydrogens (tertiary/aromatic N) is 1. The summed E-state index contributed by atoms with van der Waals surface area (Å²) in [5.74, 6) is 0. The molecule has 0 saturated heterocycles. The quantitative estimate of drug-likeness (QED) is 0.368. The molecule has 2 aromatic rings. The van der Waals surface area contributed by atoms with Crippen LogP contribution >= 0.6 is 12.2 Å². The molecule has 0 saturated carbocycles. The highest BCUT2D eigenvalue weighted by Crippen LogP contribution is 2.39. The van der Waals surface area contributed by atoms with Crippen LogP contribution < -0.4 is 0 Å². The summed E-state index contributed by atoms with van der Waals surface area (Å²) in [5.41, 5.74) is -0.271. The monoisotopic (exact) mass is 425 g/mol. The van der Waals surface area contributed by atoms with Gasteiger partial charge >= 0.3 is 0 Å². The fourth-order valence-corrected chi connectivity index (χ4v) is 5.69. The zero-order valence-corrected chi connectivity index (χ0v) is 14.9. The van der Waals surface area contributed by atoms with Crippen molar-refractivity contribution in [2.24, 2.45) is 4.99 Å². The zero-order valence-electron chi connectivity index (χ0n) is 11.7. The van der Waals surface area contributed by atoms with Crippen LogP contribution in [0, 0.1) is 0 Å². The van der Waals surface area contributed by atoms with Crippen LogP contribution in [0.4, 0.5) is 5.69 Å². The molecule has 0 radical (unpaired) electrons. The smallest absolute Gasteiger partial charge is 0.282 e. The molecular weight excluding hydrogens is 418 g/mol. The van der Waals surface area contributed by atoms with Crippen molar-refractivity contribution in [1.29, 1.82) is 0 Å². The van der Waals surface area contributed by atoms with Crippen LogP contribution in [0.1, 0.15) is 0 Å².